The van der Waals surface area contributed by atoms with E-state index in [1.165, 1.54) is 6.08 Å². The van der Waals surface area contributed by atoms with Gasteiger partial charge in [-0.25, -0.2) is 4.79 Å². The van der Waals surface area contributed by atoms with E-state index in [0.29, 0.717) is 38.7 Å². The molecular formula is C46H76O15. The van der Waals surface area contributed by atoms with Crippen LogP contribution in [0.5, 0.6) is 0 Å². The van der Waals surface area contributed by atoms with Crippen molar-refractivity contribution >= 4 is 5.97 Å². The molecule has 0 radical (unpaired) electrons. The van der Waals surface area contributed by atoms with Crippen molar-refractivity contribution in [2.45, 2.75) is 190 Å². The molecule has 5 aliphatic heterocycles. The molecule has 0 saturated carbocycles. The van der Waals surface area contributed by atoms with Crippen molar-refractivity contribution < 1.29 is 72.6 Å². The maximum Gasteiger partial charge on any atom is 0.331 e. The molecule has 0 aromatic carbocycles. The van der Waals surface area contributed by atoms with E-state index < -0.39 is 72.6 Å². The second-order valence-corrected chi connectivity index (χ2v) is 18.2. The molecule has 0 amide bonds. The fourth-order valence-electron chi connectivity index (χ4n) is 9.77. The average Bonchev–Trinajstić information content (AvgIpc) is 4.06. The first kappa shape index (κ1) is 50.2. The van der Waals surface area contributed by atoms with E-state index in [4.69, 9.17) is 47.4 Å². The molecule has 4 N–H and O–H groups in total. The Hall–Kier alpha value is -1.83. The van der Waals surface area contributed by atoms with Gasteiger partial charge in [0.25, 0.3) is 0 Å². The number of hydrogen-bond acceptors (Lipinski definition) is 15. The lowest BCUT2D eigenvalue weighted by Gasteiger charge is -2.39. The normalized spacial score (nSPS) is 43.7. The molecule has 61 heavy (non-hydrogen) atoms. The summed E-state index contributed by atoms with van der Waals surface area (Å²) in [5.74, 6) is -1.52. The highest BCUT2D eigenvalue weighted by molar-refractivity contribution is 5.82. The molecule has 3 fully saturated rings. The number of ether oxygens (including phenoxy) is 10. The van der Waals surface area contributed by atoms with Gasteiger partial charge in [-0.3, -0.25) is 0 Å². The fraction of sp³-hybridized carbons (Fsp3) is 0.848. The van der Waals surface area contributed by atoms with Crippen molar-refractivity contribution in [2.75, 3.05) is 41.7 Å². The smallest absolute Gasteiger partial charge is 0.331 e. The molecule has 5 rings (SSSR count). The Bertz CT molecular complexity index is 1440. The Morgan fingerprint density at radius 1 is 0.869 bits per heavy atom. The second kappa shape index (κ2) is 23.4. The molecule has 0 aliphatic carbocycles. The summed E-state index contributed by atoms with van der Waals surface area (Å²) < 4.78 is 61.4. The van der Waals surface area contributed by atoms with Crippen LogP contribution in [0.15, 0.2) is 36.0 Å². The zero-order chi connectivity index (χ0) is 44.4. The maximum atomic E-state index is 13.7. The van der Waals surface area contributed by atoms with Crippen LogP contribution in [-0.4, -0.2) is 165 Å². The molecule has 0 aromatic heterocycles. The van der Waals surface area contributed by atoms with E-state index in [1.54, 1.807) is 34.5 Å². The molecule has 5 heterocycles. The number of carbonyl (C=O) groups is 1. The minimum Gasteiger partial charge on any atom is -0.458 e. The van der Waals surface area contributed by atoms with Crippen LogP contribution in [0.3, 0.4) is 0 Å². The van der Waals surface area contributed by atoms with Gasteiger partial charge >= 0.3 is 5.97 Å². The van der Waals surface area contributed by atoms with Crippen LogP contribution in [0.25, 0.3) is 0 Å². The van der Waals surface area contributed by atoms with E-state index in [2.05, 4.69) is 13.0 Å². The number of carbonyl (C=O) groups excluding carboxylic acids is 1. The minimum absolute atomic E-state index is 0.0388. The number of hydrogen-bond donors (Lipinski definition) is 4. The summed E-state index contributed by atoms with van der Waals surface area (Å²) in [6.45, 7) is 10.1. The van der Waals surface area contributed by atoms with Gasteiger partial charge in [-0.15, -0.1) is 0 Å². The number of aliphatic hydroxyl groups excluding tert-OH is 4. The number of allylic oxidation sites excluding steroid dienone is 2. The number of cyclic esters (lactones) is 1. The Morgan fingerprint density at radius 3 is 2.26 bits per heavy atom. The van der Waals surface area contributed by atoms with Crippen molar-refractivity contribution in [2.24, 2.45) is 17.8 Å². The van der Waals surface area contributed by atoms with E-state index >= 15 is 0 Å². The largest absolute Gasteiger partial charge is 0.458 e. The zero-order valence-corrected chi connectivity index (χ0v) is 37.8. The van der Waals surface area contributed by atoms with E-state index in [0.717, 1.165) is 31.3 Å². The van der Waals surface area contributed by atoms with Crippen molar-refractivity contribution in [1.82, 2.24) is 0 Å². The van der Waals surface area contributed by atoms with Gasteiger partial charge < -0.3 is 67.8 Å². The SMILES string of the molecule is CO[C@H]1C[C@H](CC[C@H](C)[C@H](O)[C@H](C)[C@H]2OC(=O)/C=C/C(C)=C/C[C@H](O[C@H]3OC[C@@H](O)[C@H](O)[C@H]3O)C[C@@H]3C=CC[C@@H](C[C@H](OC)[C@@]4(CO4)[C@@H](OC)C[C@@H](OC)[C@@H]2C)O3)O[C@@H](C)C1. The van der Waals surface area contributed by atoms with Gasteiger partial charge in [-0.05, 0) is 58.3 Å². The van der Waals surface area contributed by atoms with Crippen molar-refractivity contribution in [1.29, 1.82) is 0 Å². The first-order chi connectivity index (χ1) is 29.1. The zero-order valence-electron chi connectivity index (χ0n) is 37.8. The predicted octanol–water partition coefficient (Wildman–Crippen LogP) is 3.96. The number of methoxy groups -OCH3 is 4. The second-order valence-electron chi connectivity index (χ2n) is 18.2. The van der Waals surface area contributed by atoms with Gasteiger partial charge in [0.15, 0.2) is 6.29 Å². The summed E-state index contributed by atoms with van der Waals surface area (Å²) in [5, 5.41) is 43.0. The van der Waals surface area contributed by atoms with Crippen molar-refractivity contribution in [3.8, 4) is 0 Å². The number of epoxide rings is 1. The molecule has 2 bridgehead atoms. The summed E-state index contributed by atoms with van der Waals surface area (Å²) in [6.07, 6.45) is 5.65. The molecule has 3 saturated heterocycles. The minimum atomic E-state index is -1.46. The van der Waals surface area contributed by atoms with Crippen LogP contribution in [-0.2, 0) is 52.2 Å². The van der Waals surface area contributed by atoms with E-state index in [-0.39, 0.29) is 55.1 Å². The molecule has 19 atom stereocenters. The van der Waals surface area contributed by atoms with E-state index in [9.17, 15) is 25.2 Å². The van der Waals surface area contributed by atoms with Crippen LogP contribution < -0.4 is 0 Å². The predicted molar refractivity (Wildman–Crippen MR) is 224 cm³/mol. The number of aliphatic hydroxyl groups is 4. The Balaban J connectivity index is 1.40. The molecule has 0 unspecified atom stereocenters. The van der Waals surface area contributed by atoms with Gasteiger partial charge in [0.2, 0.25) is 0 Å². The van der Waals surface area contributed by atoms with Crippen LogP contribution in [0.2, 0.25) is 0 Å². The van der Waals surface area contributed by atoms with E-state index in [1.807, 2.05) is 39.8 Å². The quantitative estimate of drug-likeness (QED) is 0.125. The average molecular weight is 869 g/mol. The van der Waals surface area contributed by atoms with Gasteiger partial charge in [0, 0.05) is 65.6 Å². The first-order valence-electron chi connectivity index (χ1n) is 22.4. The highest BCUT2D eigenvalue weighted by Gasteiger charge is 2.59. The monoisotopic (exact) mass is 869 g/mol. The maximum absolute atomic E-state index is 13.7. The standard InChI is InChI=1S/C46H76O15/c1-26-13-16-34(60-45-43(51)42(50)36(47)24-56-45)20-31-11-10-12-32(59-31)22-38(54-8)46(25-57-46)39(55-9)23-37(53-7)29(4)44(61-40(48)18-14-26)30(5)41(49)27(2)15-17-33-21-35(52-6)19-28(3)58-33/h10-11,13-14,18,27-39,41-45,47,49-51H,12,15-17,19-25H2,1-9H3/b18-14+,26-13+/t27-,28-,29-,30-,31-,32-,33-,34-,35+,36+,37+,38-,39-,41-,42-,43+,44-,45+,46-/m0/s1. The number of esters is 1. The van der Waals surface area contributed by atoms with Crippen LogP contribution in [0.1, 0.15) is 92.4 Å². The lowest BCUT2D eigenvalue weighted by atomic mass is 9.78. The van der Waals surface area contributed by atoms with Gasteiger partial charge in [0.05, 0.1) is 74.3 Å². The van der Waals surface area contributed by atoms with Crippen molar-refractivity contribution in [3.05, 3.63) is 36.0 Å². The van der Waals surface area contributed by atoms with Crippen LogP contribution in [0, 0.1) is 17.8 Å². The van der Waals surface area contributed by atoms with Crippen LogP contribution in [0.4, 0.5) is 0 Å². The molecule has 0 aromatic rings. The molecule has 15 heteroatoms. The molecule has 350 valence electrons. The third kappa shape index (κ3) is 13.4. The topological polar surface area (TPSA) is 194 Å². The summed E-state index contributed by atoms with van der Waals surface area (Å²) in [4.78, 5) is 13.7. The highest BCUT2D eigenvalue weighted by Crippen LogP contribution is 2.44. The molecule has 5 aliphatic rings. The lowest BCUT2D eigenvalue weighted by Crippen LogP contribution is -2.54. The van der Waals surface area contributed by atoms with Gasteiger partial charge in [-0.2, -0.15) is 0 Å². The summed E-state index contributed by atoms with van der Waals surface area (Å²) in [6, 6.07) is 0. The van der Waals surface area contributed by atoms with Gasteiger partial charge in [0.1, 0.15) is 30.0 Å². The first-order valence-corrected chi connectivity index (χ1v) is 22.4. The Morgan fingerprint density at radius 2 is 1.59 bits per heavy atom. The molecular weight excluding hydrogens is 792 g/mol. The number of fused-ring (bicyclic) bond motifs is 2. The van der Waals surface area contributed by atoms with Gasteiger partial charge in [-0.1, -0.05) is 50.6 Å². The number of rotatable bonds is 12. The summed E-state index contributed by atoms with van der Waals surface area (Å²) in [5.41, 5.74) is -0.0147. The Labute approximate surface area is 363 Å². The van der Waals surface area contributed by atoms with Crippen molar-refractivity contribution in [3.63, 3.8) is 0 Å². The summed E-state index contributed by atoms with van der Waals surface area (Å²) >= 11 is 0. The summed E-state index contributed by atoms with van der Waals surface area (Å²) in [7, 11) is 6.69. The lowest BCUT2D eigenvalue weighted by molar-refractivity contribution is -0.284. The highest BCUT2D eigenvalue weighted by atomic mass is 16.7. The third-order valence-corrected chi connectivity index (χ3v) is 13.8. The third-order valence-electron chi connectivity index (χ3n) is 13.8. The Kier molecular flexibility index (Phi) is 19.2. The van der Waals surface area contributed by atoms with Crippen LogP contribution >= 0.6 is 0 Å². The fourth-order valence-corrected chi connectivity index (χ4v) is 9.77. The molecule has 1 spiro atoms. The molecule has 15 nitrogen and oxygen atoms in total.